The van der Waals surface area contributed by atoms with Crippen molar-refractivity contribution in [2.24, 2.45) is 11.8 Å². The van der Waals surface area contributed by atoms with Gasteiger partial charge in [-0.05, 0) is 50.1 Å². The van der Waals surface area contributed by atoms with Crippen molar-refractivity contribution in [3.63, 3.8) is 0 Å². The molecule has 1 saturated carbocycles. The number of urea groups is 1. The first-order valence-corrected chi connectivity index (χ1v) is 13.2. The van der Waals surface area contributed by atoms with E-state index in [4.69, 9.17) is 14.2 Å². The van der Waals surface area contributed by atoms with E-state index in [0.717, 1.165) is 12.8 Å². The first-order valence-electron chi connectivity index (χ1n) is 13.2. The average molecular weight is 539 g/mol. The summed E-state index contributed by atoms with van der Waals surface area (Å²) >= 11 is 0. The molecule has 0 aromatic heterocycles. The molecule has 3 N–H and O–H groups in total. The molecule has 2 aromatic carbocycles. The highest BCUT2D eigenvalue weighted by Gasteiger charge is 2.35. The van der Waals surface area contributed by atoms with Gasteiger partial charge >= 0.3 is 6.03 Å². The number of nitrogens with one attached hydrogen (secondary N) is 2. The van der Waals surface area contributed by atoms with E-state index in [1.54, 1.807) is 55.3 Å². The lowest BCUT2D eigenvalue weighted by Crippen LogP contribution is -2.50. The topological polar surface area (TPSA) is 130 Å². The van der Waals surface area contributed by atoms with Crippen molar-refractivity contribution in [1.29, 1.82) is 0 Å². The number of carbonyl (C=O) groups is 3. The zero-order chi connectivity index (χ0) is 27.7. The second kappa shape index (κ2) is 11.0. The minimum Gasteiger partial charge on any atom is -0.487 e. The summed E-state index contributed by atoms with van der Waals surface area (Å²) in [6.07, 6.45) is 1.29. The number of hydrogen-bond donors (Lipinski definition) is 3. The molecule has 2 aromatic rings. The summed E-state index contributed by atoms with van der Waals surface area (Å²) < 4.78 is 17.1. The van der Waals surface area contributed by atoms with Crippen LogP contribution < -0.4 is 24.8 Å². The van der Waals surface area contributed by atoms with E-state index in [9.17, 15) is 19.5 Å². The number of anilines is 2. The molecule has 11 heteroatoms. The summed E-state index contributed by atoms with van der Waals surface area (Å²) in [7, 11) is 1.67. The zero-order valence-electron chi connectivity index (χ0n) is 22.3. The Morgan fingerprint density at radius 3 is 2.49 bits per heavy atom. The van der Waals surface area contributed by atoms with E-state index in [-0.39, 0.29) is 49.6 Å². The van der Waals surface area contributed by atoms with Crippen molar-refractivity contribution >= 4 is 29.2 Å². The van der Waals surface area contributed by atoms with Crippen molar-refractivity contribution in [3.8, 4) is 17.2 Å². The molecule has 0 unspecified atom stereocenters. The van der Waals surface area contributed by atoms with Crippen LogP contribution in [0.5, 0.6) is 17.2 Å². The number of benzene rings is 2. The fourth-order valence-corrected chi connectivity index (χ4v) is 4.65. The van der Waals surface area contributed by atoms with Gasteiger partial charge in [-0.1, -0.05) is 6.92 Å². The van der Waals surface area contributed by atoms with Gasteiger partial charge in [-0.15, -0.1) is 0 Å². The first kappa shape index (κ1) is 26.6. The molecule has 4 amide bonds. The molecule has 1 aliphatic carbocycles. The normalized spacial score (nSPS) is 20.7. The molecule has 208 valence electrons. The van der Waals surface area contributed by atoms with Gasteiger partial charge in [0.2, 0.25) is 12.7 Å². The van der Waals surface area contributed by atoms with Crippen LogP contribution in [0, 0.1) is 11.8 Å². The standard InChI is InChI=1S/C28H34N4O7/c1-16-12-32(17(2)14-33)27(35)21-10-19(29-26(34)18-4-5-18)6-8-22(21)39-25(16)13-31(3)28(36)30-20-7-9-23-24(11-20)38-15-37-23/h6-11,16-18,25,33H,4-5,12-15H2,1-3H3,(H,29,34)(H,30,36)/t16-,17-,25+/m0/s1. The van der Waals surface area contributed by atoms with E-state index >= 15 is 0 Å². The van der Waals surface area contributed by atoms with Gasteiger partial charge in [-0.2, -0.15) is 0 Å². The van der Waals surface area contributed by atoms with E-state index in [0.29, 0.717) is 40.7 Å². The summed E-state index contributed by atoms with van der Waals surface area (Å²) in [4.78, 5) is 42.0. The molecule has 2 aliphatic heterocycles. The third-order valence-electron chi connectivity index (χ3n) is 7.30. The summed E-state index contributed by atoms with van der Waals surface area (Å²) in [6.45, 7) is 4.25. The third-order valence-corrected chi connectivity index (χ3v) is 7.30. The fraction of sp³-hybridized carbons (Fsp3) is 0.464. The minimum atomic E-state index is -0.454. The molecule has 0 spiro atoms. The monoisotopic (exact) mass is 538 g/mol. The van der Waals surface area contributed by atoms with E-state index in [2.05, 4.69) is 10.6 Å². The molecule has 11 nitrogen and oxygen atoms in total. The number of ether oxygens (including phenoxy) is 3. The molecule has 5 rings (SSSR count). The van der Waals surface area contributed by atoms with Gasteiger partial charge in [-0.25, -0.2) is 4.79 Å². The van der Waals surface area contributed by atoms with E-state index in [1.165, 1.54) is 4.90 Å². The lowest BCUT2D eigenvalue weighted by molar-refractivity contribution is -0.117. The van der Waals surface area contributed by atoms with Gasteiger partial charge in [-0.3, -0.25) is 9.59 Å². The van der Waals surface area contributed by atoms with E-state index in [1.807, 2.05) is 6.92 Å². The van der Waals surface area contributed by atoms with Crippen molar-refractivity contribution in [2.75, 3.05) is 44.2 Å². The Morgan fingerprint density at radius 1 is 1.08 bits per heavy atom. The van der Waals surface area contributed by atoms with Gasteiger partial charge < -0.3 is 39.8 Å². The summed E-state index contributed by atoms with van der Waals surface area (Å²) in [5, 5.41) is 15.6. The highest BCUT2D eigenvalue weighted by molar-refractivity contribution is 6.00. The molecule has 0 saturated heterocycles. The van der Waals surface area contributed by atoms with Gasteiger partial charge in [0.15, 0.2) is 11.5 Å². The van der Waals surface area contributed by atoms with Crippen LogP contribution in [-0.4, -0.2) is 78.4 Å². The molecule has 2 heterocycles. The van der Waals surface area contributed by atoms with Crippen molar-refractivity contribution in [1.82, 2.24) is 9.80 Å². The van der Waals surface area contributed by atoms with Gasteiger partial charge in [0, 0.05) is 42.9 Å². The molecule has 0 bridgehead atoms. The summed E-state index contributed by atoms with van der Waals surface area (Å²) in [6, 6.07) is 9.44. The largest absolute Gasteiger partial charge is 0.487 e. The number of rotatable bonds is 7. The van der Waals surface area contributed by atoms with E-state index < -0.39 is 12.1 Å². The number of aliphatic hydroxyl groups excluding tert-OH is 1. The quantitative estimate of drug-likeness (QED) is 0.494. The van der Waals surface area contributed by atoms with Crippen molar-refractivity contribution in [3.05, 3.63) is 42.0 Å². The maximum Gasteiger partial charge on any atom is 0.321 e. The number of nitrogens with zero attached hydrogens (tertiary/aromatic N) is 2. The number of carbonyl (C=O) groups excluding carboxylic acids is 3. The lowest BCUT2D eigenvalue weighted by Gasteiger charge is -2.38. The predicted octanol–water partition coefficient (Wildman–Crippen LogP) is 3.15. The molecular formula is C28H34N4O7. The van der Waals surface area contributed by atoms with Crippen molar-refractivity contribution in [2.45, 2.75) is 38.8 Å². The molecule has 39 heavy (non-hydrogen) atoms. The number of likely N-dealkylation sites (N-methyl/N-ethyl adjacent to an activating group) is 1. The summed E-state index contributed by atoms with van der Waals surface area (Å²) in [5.41, 5.74) is 1.39. The minimum absolute atomic E-state index is 0.0226. The third kappa shape index (κ3) is 5.88. The Labute approximate surface area is 227 Å². The van der Waals surface area contributed by atoms with Crippen LogP contribution >= 0.6 is 0 Å². The average Bonchev–Trinajstić information content (AvgIpc) is 3.68. The maximum atomic E-state index is 13.6. The maximum absolute atomic E-state index is 13.6. The Morgan fingerprint density at radius 2 is 1.77 bits per heavy atom. The van der Waals surface area contributed by atoms with Gasteiger partial charge in [0.05, 0.1) is 24.8 Å². The molecule has 3 atom stereocenters. The second-order valence-corrected chi connectivity index (χ2v) is 10.5. The van der Waals surface area contributed by atoms with Crippen LogP contribution in [0.15, 0.2) is 36.4 Å². The molecular weight excluding hydrogens is 504 g/mol. The number of aliphatic hydroxyl groups is 1. The molecule has 3 aliphatic rings. The van der Waals surface area contributed by atoms with Crippen LogP contribution in [0.4, 0.5) is 16.2 Å². The summed E-state index contributed by atoms with van der Waals surface area (Å²) in [5.74, 6) is 1.08. The second-order valence-electron chi connectivity index (χ2n) is 10.5. The highest BCUT2D eigenvalue weighted by atomic mass is 16.7. The lowest BCUT2D eigenvalue weighted by atomic mass is 9.99. The van der Waals surface area contributed by atoms with Crippen LogP contribution in [0.2, 0.25) is 0 Å². The first-order chi connectivity index (χ1) is 18.7. The van der Waals surface area contributed by atoms with Gasteiger partial charge in [0.25, 0.3) is 5.91 Å². The predicted molar refractivity (Wildman–Crippen MR) is 143 cm³/mol. The van der Waals surface area contributed by atoms with Gasteiger partial charge in [0.1, 0.15) is 11.9 Å². The van der Waals surface area contributed by atoms with Crippen molar-refractivity contribution < 1.29 is 33.7 Å². The Kier molecular flexibility index (Phi) is 7.51. The number of hydrogen-bond acceptors (Lipinski definition) is 7. The number of fused-ring (bicyclic) bond motifs is 2. The van der Waals surface area contributed by atoms with Crippen LogP contribution in [0.25, 0.3) is 0 Å². The highest BCUT2D eigenvalue weighted by Crippen LogP contribution is 2.35. The Bertz CT molecular complexity index is 1260. The Hall–Kier alpha value is -3.99. The smallest absolute Gasteiger partial charge is 0.321 e. The Balaban J connectivity index is 1.34. The number of amides is 4. The zero-order valence-corrected chi connectivity index (χ0v) is 22.3. The van der Waals surface area contributed by atoms with Crippen LogP contribution in [0.1, 0.15) is 37.0 Å². The van der Waals surface area contributed by atoms with Crippen LogP contribution in [0.3, 0.4) is 0 Å². The van der Waals surface area contributed by atoms with Crippen LogP contribution in [-0.2, 0) is 4.79 Å². The molecule has 0 radical (unpaired) electrons. The fourth-order valence-electron chi connectivity index (χ4n) is 4.65. The molecule has 1 fully saturated rings. The SMILES string of the molecule is C[C@H]1CN([C@@H](C)CO)C(=O)c2cc(NC(=O)C3CC3)ccc2O[C@@H]1CN(C)C(=O)Nc1ccc2c(c1)OCO2.